The van der Waals surface area contributed by atoms with Crippen LogP contribution >= 0.6 is 0 Å². The smallest absolute Gasteiger partial charge is 0.246 e. The standard InChI is InChI=1S/C24H29N3O4S/c1-32(30,31)26-22-11-7-20(8-12-22)10-14-24(29)27-17-15-21(16-18-27)25-23(28)13-9-19-5-3-2-4-6-19/h2-8,10-12,14,21,26H,9,13,15-18H2,1H3,(H,25,28). The lowest BCUT2D eigenvalue weighted by Crippen LogP contribution is -2.46. The molecule has 1 aliphatic heterocycles. The van der Waals surface area contributed by atoms with E-state index in [4.69, 9.17) is 0 Å². The van der Waals surface area contributed by atoms with E-state index in [2.05, 4.69) is 10.0 Å². The quantitative estimate of drug-likeness (QED) is 0.599. The van der Waals surface area contributed by atoms with Crippen LogP contribution in [0.3, 0.4) is 0 Å². The molecule has 2 amide bonds. The van der Waals surface area contributed by atoms with Gasteiger partial charge in [0.25, 0.3) is 0 Å². The van der Waals surface area contributed by atoms with Crippen LogP contribution in [0.5, 0.6) is 0 Å². The van der Waals surface area contributed by atoms with Crippen molar-refractivity contribution in [3.8, 4) is 0 Å². The van der Waals surface area contributed by atoms with Crippen LogP contribution in [0, 0.1) is 0 Å². The van der Waals surface area contributed by atoms with Crippen molar-refractivity contribution < 1.29 is 18.0 Å². The molecule has 170 valence electrons. The van der Waals surface area contributed by atoms with E-state index >= 15 is 0 Å². The average Bonchev–Trinajstić information content (AvgIpc) is 2.77. The monoisotopic (exact) mass is 455 g/mol. The second-order valence-corrected chi connectivity index (χ2v) is 9.73. The summed E-state index contributed by atoms with van der Waals surface area (Å²) in [6.07, 6.45) is 7.00. The lowest BCUT2D eigenvalue weighted by molar-refractivity contribution is -0.127. The molecule has 2 N–H and O–H groups in total. The van der Waals surface area contributed by atoms with E-state index in [1.807, 2.05) is 30.3 Å². The van der Waals surface area contributed by atoms with Crippen molar-refractivity contribution in [2.24, 2.45) is 0 Å². The Kier molecular flexibility index (Phi) is 8.05. The van der Waals surface area contributed by atoms with Crippen LogP contribution in [-0.2, 0) is 26.0 Å². The number of piperidine rings is 1. The minimum atomic E-state index is -3.31. The van der Waals surface area contributed by atoms with Gasteiger partial charge in [-0.1, -0.05) is 42.5 Å². The summed E-state index contributed by atoms with van der Waals surface area (Å²) in [7, 11) is -3.31. The van der Waals surface area contributed by atoms with Gasteiger partial charge in [0, 0.05) is 37.3 Å². The number of nitrogens with zero attached hydrogens (tertiary/aromatic N) is 1. The summed E-state index contributed by atoms with van der Waals surface area (Å²) in [5.74, 6) is -0.0236. The Morgan fingerprint density at radius 1 is 1.03 bits per heavy atom. The molecule has 3 rings (SSSR count). The highest BCUT2D eigenvalue weighted by Crippen LogP contribution is 2.14. The number of hydrogen-bond acceptors (Lipinski definition) is 4. The van der Waals surface area contributed by atoms with Gasteiger partial charge in [-0.15, -0.1) is 0 Å². The number of nitrogens with one attached hydrogen (secondary N) is 2. The van der Waals surface area contributed by atoms with Crippen LogP contribution in [0.25, 0.3) is 6.08 Å². The molecular formula is C24H29N3O4S. The molecule has 8 heteroatoms. The lowest BCUT2D eigenvalue weighted by atomic mass is 10.0. The molecule has 0 atom stereocenters. The number of benzene rings is 2. The maximum absolute atomic E-state index is 12.5. The molecule has 0 bridgehead atoms. The first-order chi connectivity index (χ1) is 15.3. The van der Waals surface area contributed by atoms with Gasteiger partial charge in [-0.25, -0.2) is 8.42 Å². The molecule has 1 fully saturated rings. The Balaban J connectivity index is 1.40. The number of hydrogen-bond donors (Lipinski definition) is 2. The second-order valence-electron chi connectivity index (χ2n) is 7.98. The van der Waals surface area contributed by atoms with E-state index in [0.717, 1.165) is 36.6 Å². The summed E-state index contributed by atoms with van der Waals surface area (Å²) in [6, 6.07) is 16.8. The third-order valence-electron chi connectivity index (χ3n) is 5.29. The van der Waals surface area contributed by atoms with Crippen molar-refractivity contribution in [1.82, 2.24) is 10.2 Å². The van der Waals surface area contributed by atoms with Gasteiger partial charge >= 0.3 is 0 Å². The van der Waals surface area contributed by atoms with E-state index in [-0.39, 0.29) is 17.9 Å². The summed E-state index contributed by atoms with van der Waals surface area (Å²) in [5, 5.41) is 3.08. The normalized spacial score (nSPS) is 15.0. The molecule has 2 aromatic rings. The molecule has 32 heavy (non-hydrogen) atoms. The van der Waals surface area contributed by atoms with Gasteiger partial charge in [-0.3, -0.25) is 14.3 Å². The van der Waals surface area contributed by atoms with Crippen LogP contribution in [0.1, 0.15) is 30.4 Å². The van der Waals surface area contributed by atoms with Crippen molar-refractivity contribution in [2.75, 3.05) is 24.1 Å². The number of carbonyl (C=O) groups is 2. The highest BCUT2D eigenvalue weighted by atomic mass is 32.2. The molecule has 1 saturated heterocycles. The van der Waals surface area contributed by atoms with E-state index < -0.39 is 10.0 Å². The van der Waals surface area contributed by atoms with E-state index in [1.165, 1.54) is 6.08 Å². The summed E-state index contributed by atoms with van der Waals surface area (Å²) < 4.78 is 24.9. The topological polar surface area (TPSA) is 95.6 Å². The van der Waals surface area contributed by atoms with E-state index in [9.17, 15) is 18.0 Å². The number of amides is 2. The molecule has 2 aromatic carbocycles. The van der Waals surface area contributed by atoms with Crippen LogP contribution in [0.2, 0.25) is 0 Å². The first-order valence-corrected chi connectivity index (χ1v) is 12.6. The fourth-order valence-electron chi connectivity index (χ4n) is 3.60. The lowest BCUT2D eigenvalue weighted by Gasteiger charge is -2.31. The molecular weight excluding hydrogens is 426 g/mol. The third-order valence-corrected chi connectivity index (χ3v) is 5.89. The second kappa shape index (κ2) is 10.9. The van der Waals surface area contributed by atoms with Gasteiger partial charge in [-0.05, 0) is 48.6 Å². The Morgan fingerprint density at radius 2 is 1.69 bits per heavy atom. The molecule has 0 unspecified atom stereocenters. The SMILES string of the molecule is CS(=O)(=O)Nc1ccc(C=CC(=O)N2CCC(NC(=O)CCc3ccccc3)CC2)cc1. The van der Waals surface area contributed by atoms with Gasteiger partial charge in [-0.2, -0.15) is 0 Å². The summed E-state index contributed by atoms with van der Waals surface area (Å²) in [5.41, 5.74) is 2.43. The van der Waals surface area contributed by atoms with Gasteiger partial charge in [0.15, 0.2) is 0 Å². The number of rotatable bonds is 8. The Hall–Kier alpha value is -3.13. The summed E-state index contributed by atoms with van der Waals surface area (Å²) >= 11 is 0. The fourth-order valence-corrected chi connectivity index (χ4v) is 4.16. The first-order valence-electron chi connectivity index (χ1n) is 10.7. The number of likely N-dealkylation sites (tertiary alicyclic amines) is 1. The number of aryl methyl sites for hydroxylation is 1. The van der Waals surface area contributed by atoms with Gasteiger partial charge in [0.1, 0.15) is 0 Å². The van der Waals surface area contributed by atoms with Crippen LogP contribution in [0.15, 0.2) is 60.7 Å². The number of anilines is 1. The Bertz CT molecular complexity index is 1040. The highest BCUT2D eigenvalue weighted by Gasteiger charge is 2.22. The maximum Gasteiger partial charge on any atom is 0.246 e. The van der Waals surface area contributed by atoms with Gasteiger partial charge in [0.05, 0.1) is 6.26 Å². The molecule has 0 saturated carbocycles. The molecule has 0 spiro atoms. The van der Waals surface area contributed by atoms with Crippen molar-refractivity contribution >= 4 is 33.6 Å². The zero-order valence-corrected chi connectivity index (χ0v) is 19.0. The summed E-state index contributed by atoms with van der Waals surface area (Å²) in [4.78, 5) is 26.5. The van der Waals surface area contributed by atoms with Crippen LogP contribution in [0.4, 0.5) is 5.69 Å². The molecule has 0 aromatic heterocycles. The minimum Gasteiger partial charge on any atom is -0.353 e. The average molecular weight is 456 g/mol. The van der Waals surface area contributed by atoms with Crippen molar-refractivity contribution in [2.45, 2.75) is 31.7 Å². The molecule has 1 aliphatic rings. The number of sulfonamides is 1. The highest BCUT2D eigenvalue weighted by molar-refractivity contribution is 7.92. The largest absolute Gasteiger partial charge is 0.353 e. The Morgan fingerprint density at radius 3 is 2.31 bits per heavy atom. The molecule has 0 radical (unpaired) electrons. The predicted octanol–water partition coefficient (Wildman–Crippen LogP) is 2.81. The van der Waals surface area contributed by atoms with Crippen LogP contribution < -0.4 is 10.0 Å². The molecule has 7 nitrogen and oxygen atoms in total. The predicted molar refractivity (Wildman–Crippen MR) is 126 cm³/mol. The number of carbonyl (C=O) groups excluding carboxylic acids is 2. The summed E-state index contributed by atoms with van der Waals surface area (Å²) in [6.45, 7) is 1.20. The fraction of sp³-hybridized carbons (Fsp3) is 0.333. The first kappa shape index (κ1) is 23.5. The van der Waals surface area contributed by atoms with Crippen molar-refractivity contribution in [1.29, 1.82) is 0 Å². The molecule has 1 heterocycles. The van der Waals surface area contributed by atoms with Crippen molar-refractivity contribution in [3.05, 3.63) is 71.8 Å². The van der Waals surface area contributed by atoms with Crippen molar-refractivity contribution in [3.63, 3.8) is 0 Å². The maximum atomic E-state index is 12.5. The van der Waals surface area contributed by atoms with E-state index in [0.29, 0.717) is 25.2 Å². The molecule has 0 aliphatic carbocycles. The zero-order valence-electron chi connectivity index (χ0n) is 18.2. The van der Waals surface area contributed by atoms with Gasteiger partial charge in [0.2, 0.25) is 21.8 Å². The zero-order chi connectivity index (χ0) is 23.0. The third kappa shape index (κ3) is 7.85. The Labute approximate surface area is 189 Å². The minimum absolute atomic E-state index is 0.0485. The van der Waals surface area contributed by atoms with Crippen LogP contribution in [-0.4, -0.2) is 50.5 Å². The van der Waals surface area contributed by atoms with E-state index in [1.54, 1.807) is 35.2 Å². The van der Waals surface area contributed by atoms with Gasteiger partial charge < -0.3 is 10.2 Å².